The van der Waals surface area contributed by atoms with Crippen LogP contribution in [0.2, 0.25) is 0 Å². The molecule has 130 valence electrons. The Morgan fingerprint density at radius 1 is 1.08 bits per heavy atom. The predicted molar refractivity (Wildman–Crippen MR) is 104 cm³/mol. The summed E-state index contributed by atoms with van der Waals surface area (Å²) in [5.41, 5.74) is 4.86. The van der Waals surface area contributed by atoms with Gasteiger partial charge in [-0.05, 0) is 49.2 Å². The Labute approximate surface area is 154 Å². The number of benzene rings is 2. The third-order valence-corrected chi connectivity index (χ3v) is 5.09. The van der Waals surface area contributed by atoms with E-state index in [2.05, 4.69) is 46.5 Å². The van der Waals surface area contributed by atoms with Crippen molar-refractivity contribution in [3.05, 3.63) is 75.1 Å². The molecule has 0 spiro atoms. The topological polar surface area (TPSA) is 72.7 Å². The zero-order valence-electron chi connectivity index (χ0n) is 14.4. The van der Waals surface area contributed by atoms with Gasteiger partial charge in [-0.15, -0.1) is 10.2 Å². The molecule has 0 fully saturated rings. The summed E-state index contributed by atoms with van der Waals surface area (Å²) in [5.74, 6) is 0. The fourth-order valence-corrected chi connectivity index (χ4v) is 3.47. The van der Waals surface area contributed by atoms with Crippen LogP contribution in [0, 0.1) is 13.8 Å². The van der Waals surface area contributed by atoms with Gasteiger partial charge < -0.3 is 5.32 Å². The maximum atomic E-state index is 12.2. The van der Waals surface area contributed by atoms with Crippen molar-refractivity contribution in [3.63, 3.8) is 0 Å². The van der Waals surface area contributed by atoms with Crippen molar-refractivity contribution in [1.29, 1.82) is 0 Å². The third-order valence-electron chi connectivity index (χ3n) is 4.27. The number of aryl methyl sites for hydroxylation is 2. The first kappa shape index (κ1) is 16.4. The molecule has 1 N–H and O–H groups in total. The van der Waals surface area contributed by atoms with Crippen molar-refractivity contribution in [1.82, 2.24) is 19.7 Å². The number of para-hydroxylation sites is 2. The summed E-state index contributed by atoms with van der Waals surface area (Å²) < 4.78 is 1.67. The number of nitrogens with one attached hydrogen (secondary N) is 1. The van der Waals surface area contributed by atoms with Crippen molar-refractivity contribution < 1.29 is 0 Å². The zero-order valence-corrected chi connectivity index (χ0v) is 15.2. The highest BCUT2D eigenvalue weighted by Gasteiger charge is 2.09. The van der Waals surface area contributed by atoms with E-state index >= 15 is 0 Å². The monoisotopic (exact) mass is 363 g/mol. The summed E-state index contributed by atoms with van der Waals surface area (Å²) >= 11 is 1.44. The molecule has 2 aromatic carbocycles. The van der Waals surface area contributed by atoms with Gasteiger partial charge in [0.1, 0.15) is 5.01 Å². The van der Waals surface area contributed by atoms with E-state index in [4.69, 9.17) is 0 Å². The van der Waals surface area contributed by atoms with Crippen molar-refractivity contribution in [3.8, 4) is 0 Å². The lowest BCUT2D eigenvalue weighted by Crippen LogP contribution is -2.20. The lowest BCUT2D eigenvalue weighted by molar-refractivity contribution is 0.769. The second-order valence-electron chi connectivity index (χ2n) is 6.10. The Balaban J connectivity index is 1.60. The fraction of sp³-hybridized carbons (Fsp3) is 0.158. The number of hydrogen-bond donors (Lipinski definition) is 1. The van der Waals surface area contributed by atoms with Crippen LogP contribution in [0.25, 0.3) is 11.0 Å². The van der Waals surface area contributed by atoms with Crippen LogP contribution in [-0.2, 0) is 6.54 Å². The van der Waals surface area contributed by atoms with E-state index < -0.39 is 0 Å². The maximum Gasteiger partial charge on any atom is 0.269 e. The van der Waals surface area contributed by atoms with E-state index in [9.17, 15) is 4.79 Å². The first-order valence-electron chi connectivity index (χ1n) is 8.21. The molecule has 0 saturated carbocycles. The Kier molecular flexibility index (Phi) is 4.22. The molecule has 0 bridgehead atoms. The standard InChI is InChI=1S/C19H17N5OS/c1-12-7-8-14(9-13(12)2)21-19-23-22-17(26-19)11-24-16-6-4-3-5-15(16)20-10-18(24)25/h3-10H,11H2,1-2H3,(H,21,23). The molecule has 0 amide bonds. The van der Waals surface area contributed by atoms with Gasteiger partial charge in [0.05, 0.1) is 23.8 Å². The number of rotatable bonds is 4. The number of hydrogen-bond acceptors (Lipinski definition) is 6. The van der Waals surface area contributed by atoms with Crippen molar-refractivity contribution >= 4 is 33.2 Å². The molecule has 4 aromatic rings. The van der Waals surface area contributed by atoms with E-state index in [1.165, 1.54) is 28.7 Å². The third kappa shape index (κ3) is 3.21. The van der Waals surface area contributed by atoms with Gasteiger partial charge in [0.2, 0.25) is 5.13 Å². The van der Waals surface area contributed by atoms with Gasteiger partial charge in [-0.1, -0.05) is 29.5 Å². The Hall–Kier alpha value is -3.06. The first-order valence-corrected chi connectivity index (χ1v) is 9.03. The average molecular weight is 363 g/mol. The molecule has 4 rings (SSSR count). The van der Waals surface area contributed by atoms with E-state index in [0.29, 0.717) is 11.7 Å². The Morgan fingerprint density at radius 2 is 1.92 bits per heavy atom. The summed E-state index contributed by atoms with van der Waals surface area (Å²) in [5, 5.41) is 13.2. The highest BCUT2D eigenvalue weighted by molar-refractivity contribution is 7.15. The van der Waals surface area contributed by atoms with E-state index in [-0.39, 0.29) is 5.56 Å². The SMILES string of the molecule is Cc1ccc(Nc2nnc(Cn3c(=O)cnc4ccccc43)s2)cc1C. The Morgan fingerprint density at radius 3 is 2.77 bits per heavy atom. The molecule has 0 unspecified atom stereocenters. The van der Waals surface area contributed by atoms with E-state index in [1.54, 1.807) is 4.57 Å². The van der Waals surface area contributed by atoms with Gasteiger partial charge in [0, 0.05) is 5.69 Å². The van der Waals surface area contributed by atoms with Crippen LogP contribution in [0.3, 0.4) is 0 Å². The molecule has 2 aromatic heterocycles. The Bertz CT molecular complexity index is 1150. The predicted octanol–water partition coefficient (Wildman–Crippen LogP) is 3.66. The molecule has 0 saturated heterocycles. The van der Waals surface area contributed by atoms with E-state index in [0.717, 1.165) is 21.7 Å². The average Bonchev–Trinajstić information content (AvgIpc) is 3.08. The molecule has 0 aliphatic heterocycles. The second-order valence-corrected chi connectivity index (χ2v) is 7.16. The number of aromatic nitrogens is 4. The van der Waals surface area contributed by atoms with Crippen LogP contribution in [0.15, 0.2) is 53.5 Å². The molecule has 2 heterocycles. The maximum absolute atomic E-state index is 12.2. The molecule has 6 nitrogen and oxygen atoms in total. The quantitative estimate of drug-likeness (QED) is 0.599. The minimum absolute atomic E-state index is 0.150. The molecule has 0 aliphatic rings. The van der Waals surface area contributed by atoms with Crippen LogP contribution in [-0.4, -0.2) is 19.7 Å². The zero-order chi connectivity index (χ0) is 18.1. The fourth-order valence-electron chi connectivity index (χ4n) is 2.72. The molecule has 7 heteroatoms. The van der Waals surface area contributed by atoms with Crippen LogP contribution in [0.4, 0.5) is 10.8 Å². The van der Waals surface area contributed by atoms with Gasteiger partial charge in [-0.3, -0.25) is 9.36 Å². The number of fused-ring (bicyclic) bond motifs is 1. The van der Waals surface area contributed by atoms with Crippen molar-refractivity contribution in [2.24, 2.45) is 0 Å². The van der Waals surface area contributed by atoms with Crippen molar-refractivity contribution in [2.75, 3.05) is 5.32 Å². The molecule has 0 atom stereocenters. The van der Waals surface area contributed by atoms with Gasteiger partial charge >= 0.3 is 0 Å². The van der Waals surface area contributed by atoms with Crippen LogP contribution >= 0.6 is 11.3 Å². The molecular formula is C19H17N5OS. The van der Waals surface area contributed by atoms with Gasteiger partial charge in [0.25, 0.3) is 5.56 Å². The highest BCUT2D eigenvalue weighted by atomic mass is 32.1. The normalized spacial score (nSPS) is 11.0. The lowest BCUT2D eigenvalue weighted by Gasteiger charge is -2.07. The number of anilines is 2. The number of nitrogens with zero attached hydrogens (tertiary/aromatic N) is 4. The minimum atomic E-state index is -0.150. The summed E-state index contributed by atoms with van der Waals surface area (Å²) in [6.45, 7) is 4.53. The van der Waals surface area contributed by atoms with Crippen molar-refractivity contribution in [2.45, 2.75) is 20.4 Å². The van der Waals surface area contributed by atoms with Gasteiger partial charge in [0.15, 0.2) is 0 Å². The summed E-state index contributed by atoms with van der Waals surface area (Å²) in [6, 6.07) is 13.7. The van der Waals surface area contributed by atoms with Gasteiger partial charge in [-0.2, -0.15) is 0 Å². The molecule has 26 heavy (non-hydrogen) atoms. The van der Waals surface area contributed by atoms with Crippen LogP contribution in [0.5, 0.6) is 0 Å². The lowest BCUT2D eigenvalue weighted by atomic mass is 10.1. The summed E-state index contributed by atoms with van der Waals surface area (Å²) in [4.78, 5) is 16.4. The summed E-state index contributed by atoms with van der Waals surface area (Å²) in [7, 11) is 0. The van der Waals surface area contributed by atoms with Crippen LogP contribution in [0.1, 0.15) is 16.1 Å². The first-order chi connectivity index (χ1) is 12.6. The second kappa shape index (κ2) is 6.68. The minimum Gasteiger partial charge on any atom is -0.330 e. The highest BCUT2D eigenvalue weighted by Crippen LogP contribution is 2.23. The largest absolute Gasteiger partial charge is 0.330 e. The molecule has 0 radical (unpaired) electrons. The summed E-state index contributed by atoms with van der Waals surface area (Å²) in [6.07, 6.45) is 1.34. The molecule has 0 aliphatic carbocycles. The van der Waals surface area contributed by atoms with E-state index in [1.807, 2.05) is 30.3 Å². The van der Waals surface area contributed by atoms with Gasteiger partial charge in [-0.25, -0.2) is 4.98 Å². The molecular weight excluding hydrogens is 346 g/mol. The van der Waals surface area contributed by atoms with Crippen LogP contribution < -0.4 is 10.9 Å². The smallest absolute Gasteiger partial charge is 0.269 e.